The summed E-state index contributed by atoms with van der Waals surface area (Å²) in [6, 6.07) is 11.0. The van der Waals surface area contributed by atoms with Crippen LogP contribution in [0, 0.1) is 0 Å². The van der Waals surface area contributed by atoms with E-state index in [2.05, 4.69) is 5.32 Å². The Hall–Kier alpha value is -2.91. The molecular formula is C23H26N2O6S. The zero-order valence-corrected chi connectivity index (χ0v) is 18.4. The number of ether oxygens (including phenoxy) is 2. The second-order valence-corrected chi connectivity index (χ2v) is 9.92. The van der Waals surface area contributed by atoms with Gasteiger partial charge in [-0.1, -0.05) is 18.6 Å². The van der Waals surface area contributed by atoms with Crippen LogP contribution in [-0.2, 0) is 21.4 Å². The summed E-state index contributed by atoms with van der Waals surface area (Å²) in [6.45, 7) is 0.0184. The van der Waals surface area contributed by atoms with Crippen LogP contribution < -0.4 is 19.9 Å². The Morgan fingerprint density at radius 1 is 1.09 bits per heavy atom. The highest BCUT2D eigenvalue weighted by Crippen LogP contribution is 2.42. The summed E-state index contributed by atoms with van der Waals surface area (Å²) in [5.74, 6) is 0.734. The Morgan fingerprint density at radius 3 is 2.50 bits per heavy atom. The third-order valence-electron chi connectivity index (χ3n) is 5.94. The number of carbonyl (C=O) groups is 2. The van der Waals surface area contributed by atoms with Crippen LogP contribution in [0.3, 0.4) is 0 Å². The lowest BCUT2D eigenvalue weighted by atomic mass is 9.78. The van der Waals surface area contributed by atoms with Gasteiger partial charge in [0.05, 0.1) is 16.9 Å². The SMILES string of the molecule is NS(=O)(=O)c1ccc(CNC(=O)COc2ccc3c(c2)OC2(CCCCC2)CC3=O)cc1. The van der Waals surface area contributed by atoms with Gasteiger partial charge in [0.2, 0.25) is 10.0 Å². The average Bonchev–Trinajstić information content (AvgIpc) is 2.76. The highest BCUT2D eigenvalue weighted by molar-refractivity contribution is 7.89. The molecule has 1 heterocycles. The number of nitrogens with two attached hydrogens (primary N) is 1. The van der Waals surface area contributed by atoms with Crippen LogP contribution >= 0.6 is 0 Å². The van der Waals surface area contributed by atoms with Gasteiger partial charge < -0.3 is 14.8 Å². The predicted molar refractivity (Wildman–Crippen MR) is 117 cm³/mol. The van der Waals surface area contributed by atoms with E-state index >= 15 is 0 Å². The number of fused-ring (bicyclic) bond motifs is 1. The van der Waals surface area contributed by atoms with Crippen LogP contribution in [0.2, 0.25) is 0 Å². The first-order valence-electron chi connectivity index (χ1n) is 10.6. The zero-order chi connectivity index (χ0) is 22.8. The normalized spacial score (nSPS) is 17.3. The van der Waals surface area contributed by atoms with Crippen LogP contribution in [0.5, 0.6) is 11.5 Å². The summed E-state index contributed by atoms with van der Waals surface area (Å²) < 4.78 is 34.4. The molecular weight excluding hydrogens is 432 g/mol. The summed E-state index contributed by atoms with van der Waals surface area (Å²) in [6.07, 6.45) is 5.46. The molecule has 2 aromatic carbocycles. The van der Waals surface area contributed by atoms with E-state index < -0.39 is 15.6 Å². The fourth-order valence-electron chi connectivity index (χ4n) is 4.24. The molecule has 0 aromatic heterocycles. The lowest BCUT2D eigenvalue weighted by Gasteiger charge is -2.40. The second kappa shape index (κ2) is 8.91. The van der Waals surface area contributed by atoms with Gasteiger partial charge in [-0.15, -0.1) is 0 Å². The minimum absolute atomic E-state index is 0.0130. The lowest BCUT2D eigenvalue weighted by molar-refractivity contribution is -0.123. The van der Waals surface area contributed by atoms with Crippen LogP contribution in [-0.4, -0.2) is 32.3 Å². The van der Waals surface area contributed by atoms with Gasteiger partial charge in [-0.3, -0.25) is 9.59 Å². The monoisotopic (exact) mass is 458 g/mol. The maximum Gasteiger partial charge on any atom is 0.258 e. The zero-order valence-electron chi connectivity index (χ0n) is 17.6. The molecule has 2 aliphatic rings. The molecule has 1 saturated carbocycles. The molecule has 32 heavy (non-hydrogen) atoms. The third kappa shape index (κ3) is 5.11. The highest BCUT2D eigenvalue weighted by Gasteiger charge is 2.41. The molecule has 3 N–H and O–H groups in total. The first kappa shape index (κ1) is 22.3. The molecule has 0 unspecified atom stereocenters. The van der Waals surface area contributed by atoms with Crippen molar-refractivity contribution >= 4 is 21.7 Å². The summed E-state index contributed by atoms with van der Waals surface area (Å²) in [5, 5.41) is 7.79. The molecule has 1 amide bonds. The first-order chi connectivity index (χ1) is 15.2. The van der Waals surface area contributed by atoms with Crippen LogP contribution in [0.4, 0.5) is 0 Å². The number of hydrogen-bond donors (Lipinski definition) is 2. The molecule has 170 valence electrons. The maximum absolute atomic E-state index is 12.6. The lowest BCUT2D eigenvalue weighted by Crippen LogP contribution is -2.43. The van der Waals surface area contributed by atoms with E-state index in [4.69, 9.17) is 14.6 Å². The average molecular weight is 459 g/mol. The number of ketones is 1. The fourth-order valence-corrected chi connectivity index (χ4v) is 4.75. The number of carbonyl (C=O) groups excluding carboxylic acids is 2. The quantitative estimate of drug-likeness (QED) is 0.686. The van der Waals surface area contributed by atoms with Gasteiger partial charge in [-0.2, -0.15) is 0 Å². The number of nitrogens with one attached hydrogen (secondary N) is 1. The van der Waals surface area contributed by atoms with E-state index in [1.54, 1.807) is 30.3 Å². The summed E-state index contributed by atoms with van der Waals surface area (Å²) in [7, 11) is -3.75. The summed E-state index contributed by atoms with van der Waals surface area (Å²) in [4.78, 5) is 24.8. The Bertz CT molecular complexity index is 1120. The van der Waals surface area contributed by atoms with Crippen molar-refractivity contribution in [3.63, 3.8) is 0 Å². The van der Waals surface area contributed by atoms with Gasteiger partial charge in [-0.05, 0) is 55.5 Å². The molecule has 0 atom stereocenters. The van der Waals surface area contributed by atoms with E-state index in [0.717, 1.165) is 31.2 Å². The third-order valence-corrected chi connectivity index (χ3v) is 6.87. The van der Waals surface area contributed by atoms with Gasteiger partial charge in [-0.25, -0.2) is 13.6 Å². The van der Waals surface area contributed by atoms with E-state index in [0.29, 0.717) is 23.5 Å². The number of Topliss-reactive ketones (excluding diaryl/α,β-unsaturated/α-hetero) is 1. The van der Waals surface area contributed by atoms with Crippen molar-refractivity contribution in [2.24, 2.45) is 5.14 Å². The van der Waals surface area contributed by atoms with Crippen molar-refractivity contribution in [2.75, 3.05) is 6.61 Å². The minimum Gasteiger partial charge on any atom is -0.486 e. The van der Waals surface area contributed by atoms with Crippen molar-refractivity contribution in [2.45, 2.75) is 55.6 Å². The molecule has 1 aliphatic heterocycles. The van der Waals surface area contributed by atoms with Crippen LogP contribution in [0.15, 0.2) is 47.4 Å². The topological polar surface area (TPSA) is 125 Å². The maximum atomic E-state index is 12.6. The summed E-state index contributed by atoms with van der Waals surface area (Å²) in [5.41, 5.74) is 0.877. The minimum atomic E-state index is -3.75. The van der Waals surface area contributed by atoms with Crippen molar-refractivity contribution < 1.29 is 27.5 Å². The standard InChI is InChI=1S/C23H26N2O6S/c24-32(28,29)18-7-4-16(5-8-18)14-25-22(27)15-30-17-6-9-19-20(26)13-23(31-21(19)12-17)10-2-1-3-11-23/h4-9,12H,1-3,10-11,13-15H2,(H,25,27)(H2,24,28,29). The molecule has 0 saturated heterocycles. The van der Waals surface area contributed by atoms with Gasteiger partial charge in [0.25, 0.3) is 5.91 Å². The largest absolute Gasteiger partial charge is 0.486 e. The Balaban J connectivity index is 1.33. The van der Waals surface area contributed by atoms with E-state index in [9.17, 15) is 18.0 Å². The molecule has 4 rings (SSSR count). The second-order valence-electron chi connectivity index (χ2n) is 8.36. The molecule has 2 aromatic rings. The van der Waals surface area contributed by atoms with Gasteiger partial charge >= 0.3 is 0 Å². The number of benzene rings is 2. The van der Waals surface area contributed by atoms with E-state index in [1.165, 1.54) is 18.6 Å². The predicted octanol–water partition coefficient (Wildman–Crippen LogP) is 2.70. The van der Waals surface area contributed by atoms with Gasteiger partial charge in [0, 0.05) is 12.6 Å². The number of primary sulfonamides is 1. The Kier molecular flexibility index (Phi) is 6.21. The molecule has 1 fully saturated rings. The van der Waals surface area contributed by atoms with Crippen molar-refractivity contribution in [1.29, 1.82) is 0 Å². The van der Waals surface area contributed by atoms with E-state index in [1.807, 2.05) is 0 Å². The Labute approximate surface area is 187 Å². The molecule has 1 aliphatic carbocycles. The molecule has 8 nitrogen and oxygen atoms in total. The smallest absolute Gasteiger partial charge is 0.258 e. The van der Waals surface area contributed by atoms with Crippen LogP contribution in [0.25, 0.3) is 0 Å². The van der Waals surface area contributed by atoms with E-state index in [-0.39, 0.29) is 29.7 Å². The highest BCUT2D eigenvalue weighted by atomic mass is 32.2. The van der Waals surface area contributed by atoms with Crippen molar-refractivity contribution in [1.82, 2.24) is 5.32 Å². The van der Waals surface area contributed by atoms with Gasteiger partial charge in [0.1, 0.15) is 17.1 Å². The van der Waals surface area contributed by atoms with Crippen molar-refractivity contribution in [3.05, 3.63) is 53.6 Å². The first-order valence-corrected chi connectivity index (χ1v) is 12.2. The van der Waals surface area contributed by atoms with Crippen molar-refractivity contribution in [3.8, 4) is 11.5 Å². The van der Waals surface area contributed by atoms with Crippen LogP contribution in [0.1, 0.15) is 54.4 Å². The summed E-state index contributed by atoms with van der Waals surface area (Å²) >= 11 is 0. The number of sulfonamides is 1. The molecule has 9 heteroatoms. The molecule has 0 radical (unpaired) electrons. The fraction of sp³-hybridized carbons (Fsp3) is 0.391. The molecule has 0 bridgehead atoms. The number of amides is 1. The number of rotatable bonds is 6. The molecule has 1 spiro atoms. The van der Waals surface area contributed by atoms with Gasteiger partial charge in [0.15, 0.2) is 12.4 Å². The Morgan fingerprint density at radius 2 is 1.81 bits per heavy atom. The number of hydrogen-bond acceptors (Lipinski definition) is 6.